The third kappa shape index (κ3) is 2.85. The van der Waals surface area contributed by atoms with Gasteiger partial charge in [-0.15, -0.1) is 0 Å². The summed E-state index contributed by atoms with van der Waals surface area (Å²) in [6, 6.07) is 1.44. The van der Waals surface area contributed by atoms with E-state index < -0.39 is 0 Å². The van der Waals surface area contributed by atoms with Gasteiger partial charge in [-0.3, -0.25) is 4.79 Å². The van der Waals surface area contributed by atoms with Crippen LogP contribution in [-0.2, 0) is 6.54 Å². The molecular weight excluding hydrogens is 182 g/mol. The van der Waals surface area contributed by atoms with Crippen molar-refractivity contribution in [2.45, 2.75) is 19.9 Å². The number of ether oxygens (including phenoxy) is 1. The van der Waals surface area contributed by atoms with Crippen molar-refractivity contribution in [3.8, 4) is 5.75 Å². The zero-order valence-electron chi connectivity index (χ0n) is 8.27. The predicted octanol–water partition coefficient (Wildman–Crippen LogP) is -0.00920. The molecule has 0 amide bonds. The molecule has 0 spiro atoms. The number of nitrogens with zero attached hydrogens (tertiary/aromatic N) is 2. The average Bonchev–Trinajstić information content (AvgIpc) is 2.18. The third-order valence-corrected chi connectivity index (χ3v) is 1.76. The van der Waals surface area contributed by atoms with Crippen LogP contribution < -0.4 is 16.0 Å². The molecule has 1 rings (SSSR count). The molecule has 0 bridgehead atoms. The molecule has 0 saturated heterocycles. The summed E-state index contributed by atoms with van der Waals surface area (Å²) in [6.45, 7) is 3.54. The number of hydrogen-bond donors (Lipinski definition) is 1. The minimum Gasteiger partial charge on any atom is -0.492 e. The van der Waals surface area contributed by atoms with Gasteiger partial charge in [0, 0.05) is 12.6 Å². The summed E-state index contributed by atoms with van der Waals surface area (Å²) < 4.78 is 6.64. The molecule has 0 aliphatic carbocycles. The monoisotopic (exact) mass is 197 g/mol. The minimum absolute atomic E-state index is 0.141. The summed E-state index contributed by atoms with van der Waals surface area (Å²) in [5.41, 5.74) is 5.17. The molecule has 0 radical (unpaired) electrons. The van der Waals surface area contributed by atoms with Crippen molar-refractivity contribution in [1.82, 2.24) is 9.78 Å². The Labute approximate surface area is 82.5 Å². The fourth-order valence-corrected chi connectivity index (χ4v) is 1.01. The van der Waals surface area contributed by atoms with Gasteiger partial charge in [-0.25, -0.2) is 4.68 Å². The van der Waals surface area contributed by atoms with Crippen LogP contribution in [0.25, 0.3) is 0 Å². The van der Waals surface area contributed by atoms with Gasteiger partial charge in [-0.05, 0) is 19.9 Å². The smallest absolute Gasteiger partial charge is 0.270 e. The summed E-state index contributed by atoms with van der Waals surface area (Å²) in [6.07, 6.45) is 2.32. The van der Waals surface area contributed by atoms with Crippen molar-refractivity contribution in [1.29, 1.82) is 0 Å². The minimum atomic E-state index is -0.141. The SMILES string of the molecule is CCn1ncc(OCCCN)cc1=O. The normalized spacial score (nSPS) is 10.1. The number of aryl methyl sites for hydroxylation is 1. The first-order valence-corrected chi connectivity index (χ1v) is 4.68. The van der Waals surface area contributed by atoms with E-state index in [0.717, 1.165) is 6.42 Å². The van der Waals surface area contributed by atoms with Gasteiger partial charge in [-0.1, -0.05) is 0 Å². The van der Waals surface area contributed by atoms with Gasteiger partial charge in [-0.2, -0.15) is 5.10 Å². The lowest BCUT2D eigenvalue weighted by Crippen LogP contribution is -2.21. The number of hydrogen-bond acceptors (Lipinski definition) is 4. The predicted molar refractivity (Wildman–Crippen MR) is 53.3 cm³/mol. The molecular formula is C9H15N3O2. The fraction of sp³-hybridized carbons (Fsp3) is 0.556. The topological polar surface area (TPSA) is 70.1 Å². The average molecular weight is 197 g/mol. The summed E-state index contributed by atoms with van der Waals surface area (Å²) in [7, 11) is 0. The Kier molecular flexibility index (Phi) is 4.12. The molecule has 0 atom stereocenters. The molecule has 0 fully saturated rings. The van der Waals surface area contributed by atoms with Crippen molar-refractivity contribution < 1.29 is 4.74 Å². The van der Waals surface area contributed by atoms with Crippen LogP contribution >= 0.6 is 0 Å². The van der Waals surface area contributed by atoms with E-state index in [1.54, 1.807) is 6.20 Å². The van der Waals surface area contributed by atoms with Gasteiger partial charge in [0.1, 0.15) is 5.75 Å². The van der Waals surface area contributed by atoms with E-state index in [-0.39, 0.29) is 5.56 Å². The highest BCUT2D eigenvalue weighted by Gasteiger charge is 1.98. The van der Waals surface area contributed by atoms with Crippen LogP contribution in [0.15, 0.2) is 17.1 Å². The number of nitrogens with two attached hydrogens (primary N) is 1. The highest BCUT2D eigenvalue weighted by Crippen LogP contribution is 2.03. The van der Waals surface area contributed by atoms with Crippen LogP contribution in [0.5, 0.6) is 5.75 Å². The molecule has 1 aromatic rings. The molecule has 1 aromatic heterocycles. The number of rotatable bonds is 5. The van der Waals surface area contributed by atoms with E-state index in [1.807, 2.05) is 6.92 Å². The van der Waals surface area contributed by atoms with E-state index in [4.69, 9.17) is 10.5 Å². The third-order valence-electron chi connectivity index (χ3n) is 1.76. The lowest BCUT2D eigenvalue weighted by Gasteiger charge is -2.05. The van der Waals surface area contributed by atoms with Crippen LogP contribution in [0.4, 0.5) is 0 Å². The quantitative estimate of drug-likeness (QED) is 0.674. The summed E-state index contributed by atoms with van der Waals surface area (Å²) >= 11 is 0. The Bertz CT molecular complexity index is 335. The summed E-state index contributed by atoms with van der Waals surface area (Å²) in [5.74, 6) is 0.508. The maximum absolute atomic E-state index is 11.3. The number of aromatic nitrogens is 2. The molecule has 0 unspecified atom stereocenters. The van der Waals surface area contributed by atoms with Gasteiger partial charge in [0.2, 0.25) is 0 Å². The maximum Gasteiger partial charge on any atom is 0.270 e. The maximum atomic E-state index is 11.3. The van der Waals surface area contributed by atoms with E-state index >= 15 is 0 Å². The second-order valence-electron chi connectivity index (χ2n) is 2.84. The van der Waals surface area contributed by atoms with Gasteiger partial charge >= 0.3 is 0 Å². The fourth-order valence-electron chi connectivity index (χ4n) is 1.01. The highest BCUT2D eigenvalue weighted by atomic mass is 16.5. The van der Waals surface area contributed by atoms with Crippen molar-refractivity contribution in [2.75, 3.05) is 13.2 Å². The van der Waals surface area contributed by atoms with E-state index in [9.17, 15) is 4.79 Å². The molecule has 0 aliphatic heterocycles. The molecule has 0 aromatic carbocycles. The van der Waals surface area contributed by atoms with Crippen molar-refractivity contribution in [3.63, 3.8) is 0 Å². The molecule has 78 valence electrons. The Hall–Kier alpha value is -1.36. The molecule has 14 heavy (non-hydrogen) atoms. The summed E-state index contributed by atoms with van der Waals surface area (Å²) in [4.78, 5) is 11.3. The van der Waals surface area contributed by atoms with Crippen LogP contribution in [-0.4, -0.2) is 22.9 Å². The first-order chi connectivity index (χ1) is 6.77. The van der Waals surface area contributed by atoms with Gasteiger partial charge in [0.05, 0.1) is 12.8 Å². The lowest BCUT2D eigenvalue weighted by atomic mass is 10.4. The molecule has 5 nitrogen and oxygen atoms in total. The van der Waals surface area contributed by atoms with E-state index in [0.29, 0.717) is 25.4 Å². The molecule has 0 saturated carbocycles. The molecule has 1 heterocycles. The lowest BCUT2D eigenvalue weighted by molar-refractivity contribution is 0.309. The van der Waals surface area contributed by atoms with Crippen LogP contribution in [0.2, 0.25) is 0 Å². The Morgan fingerprint density at radius 3 is 3.00 bits per heavy atom. The van der Waals surface area contributed by atoms with Gasteiger partial charge in [0.25, 0.3) is 5.56 Å². The second kappa shape index (κ2) is 5.39. The van der Waals surface area contributed by atoms with E-state index in [1.165, 1.54) is 10.7 Å². The highest BCUT2D eigenvalue weighted by molar-refractivity contribution is 5.13. The Morgan fingerprint density at radius 2 is 2.43 bits per heavy atom. The van der Waals surface area contributed by atoms with E-state index in [2.05, 4.69) is 5.10 Å². The molecule has 0 aliphatic rings. The second-order valence-corrected chi connectivity index (χ2v) is 2.84. The van der Waals surface area contributed by atoms with Gasteiger partial charge in [0.15, 0.2) is 0 Å². The van der Waals surface area contributed by atoms with Crippen LogP contribution in [0, 0.1) is 0 Å². The van der Waals surface area contributed by atoms with Crippen LogP contribution in [0.3, 0.4) is 0 Å². The zero-order chi connectivity index (χ0) is 10.4. The first kappa shape index (κ1) is 10.7. The largest absolute Gasteiger partial charge is 0.492 e. The van der Waals surface area contributed by atoms with Crippen molar-refractivity contribution in [3.05, 3.63) is 22.6 Å². The molecule has 2 N–H and O–H groups in total. The Balaban J connectivity index is 2.62. The van der Waals surface area contributed by atoms with Crippen molar-refractivity contribution >= 4 is 0 Å². The first-order valence-electron chi connectivity index (χ1n) is 4.68. The van der Waals surface area contributed by atoms with Crippen molar-refractivity contribution in [2.24, 2.45) is 5.73 Å². The Morgan fingerprint density at radius 1 is 1.64 bits per heavy atom. The zero-order valence-corrected chi connectivity index (χ0v) is 8.27. The molecule has 5 heteroatoms. The standard InChI is InChI=1S/C9H15N3O2/c1-2-12-9(13)6-8(7-11-12)14-5-3-4-10/h6-7H,2-5,10H2,1H3. The van der Waals surface area contributed by atoms with Crippen LogP contribution in [0.1, 0.15) is 13.3 Å². The van der Waals surface area contributed by atoms with Gasteiger partial charge < -0.3 is 10.5 Å². The summed E-state index contributed by atoms with van der Waals surface area (Å²) in [5, 5.41) is 3.92.